The van der Waals surface area contributed by atoms with Crippen LogP contribution in [0.3, 0.4) is 0 Å². The van der Waals surface area contributed by atoms with E-state index in [1.807, 2.05) is 0 Å². The molecule has 7 nitrogen and oxygen atoms in total. The number of benzene rings is 1. The van der Waals surface area contributed by atoms with Gasteiger partial charge in [0.05, 0.1) is 23.4 Å². The summed E-state index contributed by atoms with van der Waals surface area (Å²) in [7, 11) is 0. The van der Waals surface area contributed by atoms with Crippen LogP contribution >= 0.6 is 11.3 Å². The van der Waals surface area contributed by atoms with Gasteiger partial charge in [0.2, 0.25) is 6.79 Å². The molecule has 4 heterocycles. The van der Waals surface area contributed by atoms with Crippen LogP contribution in [0, 0.1) is 18.3 Å². The van der Waals surface area contributed by atoms with Gasteiger partial charge in [-0.25, -0.2) is 9.97 Å². The van der Waals surface area contributed by atoms with Gasteiger partial charge in [0, 0.05) is 18.1 Å². The van der Waals surface area contributed by atoms with Gasteiger partial charge >= 0.3 is 0 Å². The van der Waals surface area contributed by atoms with Crippen molar-refractivity contribution in [3.05, 3.63) is 58.2 Å². The quantitative estimate of drug-likeness (QED) is 0.611. The molecule has 1 N–H and O–H groups in total. The van der Waals surface area contributed by atoms with Crippen LogP contribution in [0.4, 0.5) is 10.9 Å². The largest absolute Gasteiger partial charge is 0.454 e. The van der Waals surface area contributed by atoms with Crippen molar-refractivity contribution in [2.75, 3.05) is 18.7 Å². The van der Waals surface area contributed by atoms with E-state index in [1.165, 1.54) is 24.0 Å². The molecule has 0 unspecified atom stereocenters. The van der Waals surface area contributed by atoms with Gasteiger partial charge in [-0.1, -0.05) is 6.42 Å². The molecule has 0 bridgehead atoms. The monoisotopic (exact) mass is 433 g/mol. The normalized spacial score (nSPS) is 18.0. The first kappa shape index (κ1) is 19.8. The molecule has 1 saturated heterocycles. The highest BCUT2D eigenvalue weighted by Crippen LogP contribution is 2.38. The standard InChI is InChI=1S/C23H23N5O2S/c1-15-8-20-21(30-14-29-20)10-17(15)12-28-7-3-2-4-19(28)18-13-31-23(26-18)27-22-9-16(11-24)5-6-25-22/h5-6,8-10,13,19H,2-4,7,12,14H2,1H3,(H,25,26,27)/t19-/m0/s1. The molecular formula is C23H23N5O2S. The van der Waals surface area contributed by atoms with Gasteiger partial charge in [-0.2, -0.15) is 5.26 Å². The fraction of sp³-hybridized carbons (Fsp3) is 0.348. The molecule has 8 heteroatoms. The number of aryl methyl sites for hydroxylation is 1. The van der Waals surface area contributed by atoms with Gasteiger partial charge in [0.1, 0.15) is 5.82 Å². The third kappa shape index (κ3) is 4.20. The van der Waals surface area contributed by atoms with Crippen LogP contribution in [0.5, 0.6) is 11.5 Å². The number of hydrogen-bond acceptors (Lipinski definition) is 8. The smallest absolute Gasteiger partial charge is 0.231 e. The van der Waals surface area contributed by atoms with E-state index in [2.05, 4.69) is 45.7 Å². The molecule has 1 fully saturated rings. The van der Waals surface area contributed by atoms with Crippen molar-refractivity contribution in [1.29, 1.82) is 5.26 Å². The average molecular weight is 434 g/mol. The third-order valence-corrected chi connectivity index (χ3v) is 6.58. The molecule has 3 aromatic rings. The number of fused-ring (bicyclic) bond motifs is 1. The van der Waals surface area contributed by atoms with E-state index < -0.39 is 0 Å². The molecule has 0 aliphatic carbocycles. The summed E-state index contributed by atoms with van der Waals surface area (Å²) in [6, 6.07) is 10.0. The molecule has 2 aliphatic heterocycles. The number of pyridine rings is 1. The minimum Gasteiger partial charge on any atom is -0.454 e. The first-order valence-electron chi connectivity index (χ1n) is 10.4. The Hall–Kier alpha value is -3.15. The minimum atomic E-state index is 0.281. The lowest BCUT2D eigenvalue weighted by Crippen LogP contribution is -2.33. The Balaban J connectivity index is 1.34. The van der Waals surface area contributed by atoms with Gasteiger partial charge in [-0.15, -0.1) is 11.3 Å². The molecule has 2 aromatic heterocycles. The van der Waals surface area contributed by atoms with E-state index in [0.29, 0.717) is 18.2 Å². The second kappa shape index (κ2) is 8.53. The number of aromatic nitrogens is 2. The van der Waals surface area contributed by atoms with Crippen molar-refractivity contribution in [3.8, 4) is 17.6 Å². The van der Waals surface area contributed by atoms with E-state index in [-0.39, 0.29) is 6.04 Å². The predicted molar refractivity (Wildman–Crippen MR) is 119 cm³/mol. The Morgan fingerprint density at radius 2 is 2.13 bits per heavy atom. The van der Waals surface area contributed by atoms with Crippen molar-refractivity contribution in [2.45, 2.75) is 38.8 Å². The zero-order valence-electron chi connectivity index (χ0n) is 17.3. The van der Waals surface area contributed by atoms with Gasteiger partial charge in [0.15, 0.2) is 16.6 Å². The van der Waals surface area contributed by atoms with Crippen LogP contribution in [0.25, 0.3) is 0 Å². The Morgan fingerprint density at radius 3 is 3.00 bits per heavy atom. The first-order valence-corrected chi connectivity index (χ1v) is 11.3. The van der Waals surface area contributed by atoms with Crippen molar-refractivity contribution >= 4 is 22.3 Å². The number of piperidine rings is 1. The number of nitriles is 1. The molecule has 2 aliphatic rings. The van der Waals surface area contributed by atoms with Crippen molar-refractivity contribution in [3.63, 3.8) is 0 Å². The fourth-order valence-corrected chi connectivity index (χ4v) is 4.93. The minimum absolute atomic E-state index is 0.281. The van der Waals surface area contributed by atoms with Crippen LogP contribution in [-0.2, 0) is 6.54 Å². The second-order valence-electron chi connectivity index (χ2n) is 7.86. The first-order chi connectivity index (χ1) is 15.2. The summed E-state index contributed by atoms with van der Waals surface area (Å²) in [4.78, 5) is 11.7. The van der Waals surface area contributed by atoms with Crippen LogP contribution in [0.15, 0.2) is 35.8 Å². The lowest BCUT2D eigenvalue weighted by Gasteiger charge is -2.35. The number of likely N-dealkylation sites (tertiary alicyclic amines) is 1. The van der Waals surface area contributed by atoms with Crippen LogP contribution in [0.2, 0.25) is 0 Å². The molecule has 0 amide bonds. The number of ether oxygens (including phenoxy) is 2. The van der Waals surface area contributed by atoms with Crippen molar-refractivity contribution in [2.24, 2.45) is 0 Å². The SMILES string of the molecule is Cc1cc2c(cc1CN1CCCC[C@H]1c1csc(Nc3cc(C#N)ccn3)n1)OCO2. The van der Waals surface area contributed by atoms with E-state index in [1.54, 1.807) is 29.7 Å². The molecule has 1 atom stereocenters. The highest BCUT2D eigenvalue weighted by atomic mass is 32.1. The molecule has 0 saturated carbocycles. The number of thiazole rings is 1. The molecule has 1 aromatic carbocycles. The van der Waals surface area contributed by atoms with Gasteiger partial charge in [-0.3, -0.25) is 4.90 Å². The van der Waals surface area contributed by atoms with E-state index in [4.69, 9.17) is 19.7 Å². The Labute approximate surface area is 185 Å². The summed E-state index contributed by atoms with van der Waals surface area (Å²) in [5.41, 5.74) is 4.15. The molecule has 0 radical (unpaired) electrons. The Bertz CT molecular complexity index is 1140. The predicted octanol–water partition coefficient (Wildman–Crippen LogP) is 4.92. The highest BCUT2D eigenvalue weighted by molar-refractivity contribution is 7.13. The van der Waals surface area contributed by atoms with Gasteiger partial charge in [-0.05, 0) is 61.7 Å². The number of anilines is 2. The van der Waals surface area contributed by atoms with E-state index in [0.717, 1.165) is 41.8 Å². The molecule has 0 spiro atoms. The molecule has 5 rings (SSSR count). The molecule has 158 valence electrons. The number of nitrogens with zero attached hydrogens (tertiary/aromatic N) is 4. The highest BCUT2D eigenvalue weighted by Gasteiger charge is 2.27. The van der Waals surface area contributed by atoms with Crippen LogP contribution in [-0.4, -0.2) is 28.2 Å². The lowest BCUT2D eigenvalue weighted by atomic mass is 9.98. The van der Waals surface area contributed by atoms with Crippen molar-refractivity contribution < 1.29 is 9.47 Å². The fourth-order valence-electron chi connectivity index (χ4n) is 4.16. The van der Waals surface area contributed by atoms with Crippen LogP contribution in [0.1, 0.15) is 47.7 Å². The number of hydrogen-bond donors (Lipinski definition) is 1. The second-order valence-corrected chi connectivity index (χ2v) is 8.72. The summed E-state index contributed by atoms with van der Waals surface area (Å²) in [6.07, 6.45) is 5.12. The van der Waals surface area contributed by atoms with E-state index >= 15 is 0 Å². The summed E-state index contributed by atoms with van der Waals surface area (Å²) in [6.45, 7) is 4.33. The Morgan fingerprint density at radius 1 is 1.26 bits per heavy atom. The summed E-state index contributed by atoms with van der Waals surface area (Å²) < 4.78 is 11.1. The van der Waals surface area contributed by atoms with Gasteiger partial charge < -0.3 is 14.8 Å². The average Bonchev–Trinajstić information content (AvgIpc) is 3.44. The third-order valence-electron chi connectivity index (χ3n) is 5.81. The molecule has 31 heavy (non-hydrogen) atoms. The zero-order valence-corrected chi connectivity index (χ0v) is 18.1. The Kier molecular flexibility index (Phi) is 5.45. The van der Waals surface area contributed by atoms with Crippen LogP contribution < -0.4 is 14.8 Å². The molecular weight excluding hydrogens is 410 g/mol. The topological polar surface area (TPSA) is 83.3 Å². The maximum Gasteiger partial charge on any atom is 0.231 e. The van der Waals surface area contributed by atoms with Gasteiger partial charge in [0.25, 0.3) is 0 Å². The lowest BCUT2D eigenvalue weighted by molar-refractivity contribution is 0.137. The maximum atomic E-state index is 9.08. The summed E-state index contributed by atoms with van der Waals surface area (Å²) >= 11 is 1.57. The maximum absolute atomic E-state index is 9.08. The van der Waals surface area contributed by atoms with Crippen molar-refractivity contribution in [1.82, 2.24) is 14.9 Å². The zero-order chi connectivity index (χ0) is 21.2. The number of rotatable bonds is 5. The van der Waals surface area contributed by atoms with E-state index in [9.17, 15) is 0 Å². The summed E-state index contributed by atoms with van der Waals surface area (Å²) in [5.74, 6) is 2.30. The summed E-state index contributed by atoms with van der Waals surface area (Å²) in [5, 5.41) is 15.2. The number of nitrogens with one attached hydrogen (secondary N) is 1.